The van der Waals surface area contributed by atoms with E-state index in [0.717, 1.165) is 0 Å². The van der Waals surface area contributed by atoms with Crippen molar-refractivity contribution in [3.8, 4) is 0 Å². The van der Waals surface area contributed by atoms with Crippen molar-refractivity contribution in [1.82, 2.24) is 0 Å². The number of fused-ring (bicyclic) bond motifs is 5. The van der Waals surface area contributed by atoms with Crippen LogP contribution >= 0.6 is 0 Å². The van der Waals surface area contributed by atoms with Gasteiger partial charge in [0.1, 0.15) is 17.6 Å². The van der Waals surface area contributed by atoms with E-state index >= 15 is 4.39 Å². The molecule has 3 fully saturated rings. The molecule has 4 aliphatic rings. The minimum atomic E-state index is -1.78. The van der Waals surface area contributed by atoms with Crippen molar-refractivity contribution in [2.75, 3.05) is 6.61 Å². The van der Waals surface area contributed by atoms with Gasteiger partial charge < -0.3 is 9.84 Å². The summed E-state index contributed by atoms with van der Waals surface area (Å²) in [6.45, 7) is 4.29. The van der Waals surface area contributed by atoms with Crippen molar-refractivity contribution in [2.45, 2.75) is 71.1 Å². The molecular formula is C23H29FO6. The van der Waals surface area contributed by atoms with Gasteiger partial charge in [-0.1, -0.05) is 13.8 Å². The van der Waals surface area contributed by atoms with Crippen LogP contribution in [0.3, 0.4) is 0 Å². The molecule has 7 atom stereocenters. The van der Waals surface area contributed by atoms with Crippen LogP contribution in [0.25, 0.3) is 0 Å². The minimum Gasteiger partial charge on any atom is -0.458 e. The van der Waals surface area contributed by atoms with E-state index in [9.17, 15) is 24.3 Å². The Bertz CT molecular complexity index is 864. The quantitative estimate of drug-likeness (QED) is 0.705. The second-order valence-corrected chi connectivity index (χ2v) is 10.1. The molecule has 1 N–H and O–H groups in total. The molecule has 0 aromatic heterocycles. The Labute approximate surface area is 175 Å². The van der Waals surface area contributed by atoms with Gasteiger partial charge >= 0.3 is 5.97 Å². The highest BCUT2D eigenvalue weighted by atomic mass is 19.1. The van der Waals surface area contributed by atoms with Crippen LogP contribution in [0.2, 0.25) is 0 Å². The number of carbonyl (C=O) groups excluding carboxylic acids is 4. The zero-order valence-corrected chi connectivity index (χ0v) is 17.7. The van der Waals surface area contributed by atoms with Crippen molar-refractivity contribution in [1.29, 1.82) is 0 Å². The van der Waals surface area contributed by atoms with E-state index in [2.05, 4.69) is 0 Å². The highest BCUT2D eigenvalue weighted by Gasteiger charge is 2.69. The van der Waals surface area contributed by atoms with E-state index in [1.165, 1.54) is 13.0 Å². The molecule has 7 heteroatoms. The third kappa shape index (κ3) is 2.77. The zero-order valence-electron chi connectivity index (χ0n) is 17.7. The average molecular weight is 420 g/mol. The van der Waals surface area contributed by atoms with Crippen molar-refractivity contribution in [2.24, 2.45) is 28.6 Å². The van der Waals surface area contributed by atoms with E-state index in [0.29, 0.717) is 24.8 Å². The Balaban J connectivity index is 1.70. The molecule has 3 saturated carbocycles. The van der Waals surface area contributed by atoms with Gasteiger partial charge in [-0.05, 0) is 49.2 Å². The van der Waals surface area contributed by atoms with Gasteiger partial charge in [0.2, 0.25) is 5.78 Å². The maximum atomic E-state index is 15.3. The summed E-state index contributed by atoms with van der Waals surface area (Å²) in [5.74, 6) is -2.28. The Morgan fingerprint density at radius 3 is 2.63 bits per heavy atom. The standard InChI is InChI=1S/C23H29FO6/c1-12(25)30-11-19(28)23(29)7-5-15-14-9-17(24)16-8-13(26)4-6-21(16,2)20(14)18(27)10-22(15,23)3/h8,14-15,17,20,29H,4-7,9-11H2,1-3H3/t14-,15-,17+,20+,21-,22-,23-/m0/s1. The number of carbonyl (C=O) groups is 4. The van der Waals surface area contributed by atoms with Crippen molar-refractivity contribution in [3.05, 3.63) is 11.6 Å². The van der Waals surface area contributed by atoms with Gasteiger partial charge in [0, 0.05) is 36.5 Å². The number of halogens is 1. The first-order chi connectivity index (χ1) is 13.9. The first kappa shape index (κ1) is 21.3. The Morgan fingerprint density at radius 2 is 1.97 bits per heavy atom. The third-order valence-corrected chi connectivity index (χ3v) is 8.65. The van der Waals surface area contributed by atoms with Crippen LogP contribution in [0.4, 0.5) is 4.39 Å². The SMILES string of the molecule is CC(=O)OCC(=O)[C@@]1(O)CC[C@H]2[C@@H]3C[C@@H](F)C4=CC(=O)CC[C@]4(C)[C@H]3C(=O)C[C@@]21C. The molecule has 0 spiro atoms. The van der Waals surface area contributed by atoms with Gasteiger partial charge in [-0.25, -0.2) is 4.39 Å². The predicted octanol–water partition coefficient (Wildman–Crippen LogP) is 2.51. The molecule has 30 heavy (non-hydrogen) atoms. The number of ether oxygens (including phenoxy) is 1. The number of alkyl halides is 1. The van der Waals surface area contributed by atoms with E-state index in [1.807, 2.05) is 6.92 Å². The Hall–Kier alpha value is -1.89. The fourth-order valence-corrected chi connectivity index (χ4v) is 7.14. The van der Waals surface area contributed by atoms with Gasteiger partial charge in [0.05, 0.1) is 0 Å². The molecule has 4 aliphatic carbocycles. The zero-order chi connectivity index (χ0) is 22.1. The molecule has 0 saturated heterocycles. The minimum absolute atomic E-state index is 0.0227. The van der Waals surface area contributed by atoms with Crippen LogP contribution in [0.5, 0.6) is 0 Å². The molecule has 0 bridgehead atoms. The normalized spacial score (nSPS) is 45.2. The molecular weight excluding hydrogens is 391 g/mol. The number of Topliss-reactive ketones (excluding diaryl/α,β-unsaturated/α-hetero) is 2. The lowest BCUT2D eigenvalue weighted by Crippen LogP contribution is -2.62. The van der Waals surface area contributed by atoms with Crippen LogP contribution in [-0.2, 0) is 23.9 Å². The predicted molar refractivity (Wildman–Crippen MR) is 104 cm³/mol. The second kappa shape index (κ2) is 6.81. The van der Waals surface area contributed by atoms with Gasteiger partial charge in [-0.3, -0.25) is 19.2 Å². The van der Waals surface area contributed by atoms with Crippen LogP contribution < -0.4 is 0 Å². The molecule has 0 aromatic rings. The second-order valence-electron chi connectivity index (χ2n) is 10.1. The van der Waals surface area contributed by atoms with E-state index < -0.39 is 46.9 Å². The average Bonchev–Trinajstić information content (AvgIpc) is 2.93. The monoisotopic (exact) mass is 420 g/mol. The molecule has 4 rings (SSSR count). The summed E-state index contributed by atoms with van der Waals surface area (Å²) in [4.78, 5) is 49.3. The van der Waals surface area contributed by atoms with Gasteiger partial charge in [0.15, 0.2) is 12.4 Å². The molecule has 0 radical (unpaired) electrons. The largest absolute Gasteiger partial charge is 0.458 e. The van der Waals surface area contributed by atoms with Crippen LogP contribution in [-0.4, -0.2) is 46.8 Å². The summed E-state index contributed by atoms with van der Waals surface area (Å²) in [6.07, 6.45) is 1.67. The van der Waals surface area contributed by atoms with E-state index in [1.54, 1.807) is 6.92 Å². The molecule has 0 heterocycles. The van der Waals surface area contributed by atoms with Crippen molar-refractivity contribution < 1.29 is 33.4 Å². The lowest BCUT2D eigenvalue weighted by atomic mass is 9.45. The van der Waals surface area contributed by atoms with Gasteiger partial charge in [-0.15, -0.1) is 0 Å². The summed E-state index contributed by atoms with van der Waals surface area (Å²) in [5, 5.41) is 11.4. The van der Waals surface area contributed by atoms with Crippen LogP contribution in [0.1, 0.15) is 59.3 Å². The van der Waals surface area contributed by atoms with E-state index in [-0.39, 0.29) is 42.7 Å². The lowest BCUT2D eigenvalue weighted by Gasteiger charge is -2.58. The van der Waals surface area contributed by atoms with Crippen molar-refractivity contribution >= 4 is 23.3 Å². The highest BCUT2D eigenvalue weighted by Crippen LogP contribution is 2.66. The number of esters is 1. The molecule has 0 amide bonds. The summed E-state index contributed by atoms with van der Waals surface area (Å²) >= 11 is 0. The number of rotatable bonds is 3. The maximum absolute atomic E-state index is 15.3. The first-order valence-electron chi connectivity index (χ1n) is 10.7. The number of hydrogen-bond acceptors (Lipinski definition) is 6. The fourth-order valence-electron chi connectivity index (χ4n) is 7.14. The smallest absolute Gasteiger partial charge is 0.303 e. The summed E-state index contributed by atoms with van der Waals surface area (Å²) in [7, 11) is 0. The fraction of sp³-hybridized carbons (Fsp3) is 0.739. The molecule has 0 aliphatic heterocycles. The Kier molecular flexibility index (Phi) is 4.84. The number of allylic oxidation sites excluding steroid dienone is 1. The highest BCUT2D eigenvalue weighted by molar-refractivity contribution is 5.95. The third-order valence-electron chi connectivity index (χ3n) is 8.65. The van der Waals surface area contributed by atoms with Gasteiger partial charge in [0.25, 0.3) is 0 Å². The lowest BCUT2D eigenvalue weighted by molar-refractivity contribution is -0.174. The van der Waals surface area contributed by atoms with E-state index in [4.69, 9.17) is 4.74 Å². The van der Waals surface area contributed by atoms with Crippen LogP contribution in [0, 0.1) is 28.6 Å². The van der Waals surface area contributed by atoms with Crippen molar-refractivity contribution in [3.63, 3.8) is 0 Å². The molecule has 0 aromatic carbocycles. The summed E-state index contributed by atoms with van der Waals surface area (Å²) < 4.78 is 20.1. The number of ketones is 3. The summed E-state index contributed by atoms with van der Waals surface area (Å²) in [5.41, 5.74) is -3.06. The maximum Gasteiger partial charge on any atom is 0.303 e. The number of hydrogen-bond donors (Lipinski definition) is 1. The molecule has 164 valence electrons. The molecule has 6 nitrogen and oxygen atoms in total. The summed E-state index contributed by atoms with van der Waals surface area (Å²) in [6, 6.07) is 0. The Morgan fingerprint density at radius 1 is 1.27 bits per heavy atom. The van der Waals surface area contributed by atoms with Crippen LogP contribution in [0.15, 0.2) is 11.6 Å². The topological polar surface area (TPSA) is 97.7 Å². The van der Waals surface area contributed by atoms with Gasteiger partial charge in [-0.2, -0.15) is 0 Å². The number of aliphatic hydroxyl groups is 1. The molecule has 0 unspecified atom stereocenters. The first-order valence-corrected chi connectivity index (χ1v) is 10.7.